The fraction of sp³-hybridized carbons (Fsp3) is 0.875. The van der Waals surface area contributed by atoms with Crippen molar-refractivity contribution in [2.75, 3.05) is 13.2 Å². The van der Waals surface area contributed by atoms with E-state index in [1.807, 2.05) is 18.7 Å². The molecule has 0 spiro atoms. The van der Waals surface area contributed by atoms with Crippen LogP contribution in [0.15, 0.2) is 0 Å². The lowest BCUT2D eigenvalue weighted by Gasteiger charge is -2.29. The Balaban J connectivity index is 1.90. The fourth-order valence-electron chi connectivity index (χ4n) is 3.29. The molecular weight excluding hydrogens is 268 g/mol. The number of carbonyl (C=O) groups is 2. The van der Waals surface area contributed by atoms with E-state index in [0.717, 1.165) is 51.7 Å². The van der Waals surface area contributed by atoms with Gasteiger partial charge in [-0.15, -0.1) is 0 Å². The average Bonchev–Trinajstić information content (AvgIpc) is 2.92. The van der Waals surface area contributed by atoms with Crippen molar-refractivity contribution in [3.63, 3.8) is 0 Å². The van der Waals surface area contributed by atoms with Crippen molar-refractivity contribution in [1.82, 2.24) is 10.2 Å². The smallest absolute Gasteiger partial charge is 0.245 e. The predicted molar refractivity (Wildman–Crippen MR) is 80.8 cm³/mol. The van der Waals surface area contributed by atoms with Crippen LogP contribution in [0, 0.1) is 0 Å². The fourth-order valence-corrected chi connectivity index (χ4v) is 3.29. The van der Waals surface area contributed by atoms with Gasteiger partial charge >= 0.3 is 0 Å². The van der Waals surface area contributed by atoms with Crippen LogP contribution in [0.25, 0.3) is 0 Å². The quantitative estimate of drug-likeness (QED) is 0.814. The molecule has 0 radical (unpaired) electrons. The minimum Gasteiger partial charge on any atom is -0.378 e. The summed E-state index contributed by atoms with van der Waals surface area (Å²) in [6, 6.07) is -0.348. The SMILES string of the molecule is CCCC1NC(=O)CC(C)N(CCCC2CCCO2)C1=O. The molecule has 5 nitrogen and oxygen atoms in total. The van der Waals surface area contributed by atoms with Gasteiger partial charge in [-0.25, -0.2) is 0 Å². The number of nitrogens with zero attached hydrogens (tertiary/aromatic N) is 1. The lowest BCUT2D eigenvalue weighted by atomic mass is 10.1. The minimum atomic E-state index is -0.338. The molecule has 2 heterocycles. The third kappa shape index (κ3) is 4.43. The first-order valence-corrected chi connectivity index (χ1v) is 8.33. The summed E-state index contributed by atoms with van der Waals surface area (Å²) in [4.78, 5) is 26.3. The maximum atomic E-state index is 12.6. The normalized spacial score (nSPS) is 30.4. The molecule has 120 valence electrons. The number of rotatable bonds is 6. The van der Waals surface area contributed by atoms with Crippen LogP contribution >= 0.6 is 0 Å². The predicted octanol–water partition coefficient (Wildman–Crippen LogP) is 1.85. The van der Waals surface area contributed by atoms with Crippen molar-refractivity contribution >= 4 is 11.8 Å². The van der Waals surface area contributed by atoms with Gasteiger partial charge in [0.2, 0.25) is 11.8 Å². The molecule has 0 aromatic carbocycles. The first kappa shape index (κ1) is 16.3. The third-order valence-corrected chi connectivity index (χ3v) is 4.46. The van der Waals surface area contributed by atoms with Gasteiger partial charge in [0.15, 0.2) is 0 Å². The van der Waals surface area contributed by atoms with E-state index in [0.29, 0.717) is 12.5 Å². The summed E-state index contributed by atoms with van der Waals surface area (Å²) in [6.45, 7) is 5.61. The molecule has 21 heavy (non-hydrogen) atoms. The molecule has 1 N–H and O–H groups in total. The maximum Gasteiger partial charge on any atom is 0.245 e. The summed E-state index contributed by atoms with van der Waals surface area (Å²) in [5.74, 6) is 0.0819. The minimum absolute atomic E-state index is 0.00377. The molecule has 0 bridgehead atoms. The Kier molecular flexibility index (Phi) is 6.03. The highest BCUT2D eigenvalue weighted by Crippen LogP contribution is 2.19. The zero-order valence-electron chi connectivity index (χ0n) is 13.3. The van der Waals surface area contributed by atoms with Gasteiger partial charge in [-0.1, -0.05) is 13.3 Å². The first-order chi connectivity index (χ1) is 10.1. The van der Waals surface area contributed by atoms with Crippen molar-refractivity contribution < 1.29 is 14.3 Å². The molecule has 0 saturated carbocycles. The molecule has 2 fully saturated rings. The van der Waals surface area contributed by atoms with Crippen LogP contribution < -0.4 is 5.32 Å². The van der Waals surface area contributed by atoms with E-state index in [9.17, 15) is 9.59 Å². The van der Waals surface area contributed by atoms with Crippen LogP contribution in [-0.2, 0) is 14.3 Å². The molecule has 5 heteroatoms. The second-order valence-corrected chi connectivity index (χ2v) is 6.27. The molecule has 2 aliphatic heterocycles. The zero-order chi connectivity index (χ0) is 15.2. The lowest BCUT2D eigenvalue weighted by molar-refractivity contribution is -0.135. The van der Waals surface area contributed by atoms with Crippen LogP contribution in [0.1, 0.15) is 58.8 Å². The first-order valence-electron chi connectivity index (χ1n) is 8.33. The van der Waals surface area contributed by atoms with Crippen LogP contribution in [0.5, 0.6) is 0 Å². The standard InChI is InChI=1S/C16H28N2O3/c1-3-6-14-16(20)18(12(2)11-15(19)17-14)9-4-7-13-8-5-10-21-13/h12-14H,3-11H2,1-2H3,(H,17,19). The van der Waals surface area contributed by atoms with E-state index in [1.165, 1.54) is 0 Å². The summed E-state index contributed by atoms with van der Waals surface area (Å²) >= 11 is 0. The summed E-state index contributed by atoms with van der Waals surface area (Å²) < 4.78 is 5.63. The van der Waals surface area contributed by atoms with Crippen LogP contribution in [-0.4, -0.2) is 48.1 Å². The Morgan fingerprint density at radius 2 is 2.14 bits per heavy atom. The average molecular weight is 296 g/mol. The molecule has 3 atom stereocenters. The van der Waals surface area contributed by atoms with E-state index >= 15 is 0 Å². The second-order valence-electron chi connectivity index (χ2n) is 6.27. The van der Waals surface area contributed by atoms with Gasteiger partial charge < -0.3 is 15.0 Å². The van der Waals surface area contributed by atoms with Crippen molar-refractivity contribution in [1.29, 1.82) is 0 Å². The molecule has 3 unspecified atom stereocenters. The number of nitrogens with one attached hydrogen (secondary N) is 1. The molecule has 2 saturated heterocycles. The third-order valence-electron chi connectivity index (χ3n) is 4.46. The van der Waals surface area contributed by atoms with Gasteiger partial charge in [-0.3, -0.25) is 9.59 Å². The molecule has 0 aliphatic carbocycles. The molecule has 0 aromatic heterocycles. The van der Waals surface area contributed by atoms with Crippen molar-refractivity contribution in [2.24, 2.45) is 0 Å². The molecule has 0 aromatic rings. The second kappa shape index (κ2) is 7.78. The van der Waals surface area contributed by atoms with Crippen LogP contribution in [0.4, 0.5) is 0 Å². The van der Waals surface area contributed by atoms with Crippen molar-refractivity contribution in [3.05, 3.63) is 0 Å². The molecule has 2 aliphatic rings. The number of hydrogen-bond acceptors (Lipinski definition) is 3. The number of ether oxygens (including phenoxy) is 1. The highest BCUT2D eigenvalue weighted by atomic mass is 16.5. The Morgan fingerprint density at radius 3 is 2.81 bits per heavy atom. The van der Waals surface area contributed by atoms with Crippen molar-refractivity contribution in [2.45, 2.75) is 77.0 Å². The largest absolute Gasteiger partial charge is 0.378 e. The van der Waals surface area contributed by atoms with E-state index < -0.39 is 0 Å². The van der Waals surface area contributed by atoms with Gasteiger partial charge in [-0.2, -0.15) is 0 Å². The van der Waals surface area contributed by atoms with E-state index in [2.05, 4.69) is 5.32 Å². The van der Waals surface area contributed by atoms with Gasteiger partial charge in [0.1, 0.15) is 6.04 Å². The number of amides is 2. The Hall–Kier alpha value is -1.10. The molecular formula is C16H28N2O3. The Labute approximate surface area is 127 Å². The van der Waals surface area contributed by atoms with Gasteiger partial charge in [0.05, 0.1) is 6.10 Å². The number of hydrogen-bond donors (Lipinski definition) is 1. The highest BCUT2D eigenvalue weighted by molar-refractivity contribution is 5.90. The van der Waals surface area contributed by atoms with E-state index in [-0.39, 0.29) is 23.9 Å². The zero-order valence-corrected chi connectivity index (χ0v) is 13.3. The Bertz CT molecular complexity index is 367. The highest BCUT2D eigenvalue weighted by Gasteiger charge is 2.33. The van der Waals surface area contributed by atoms with E-state index in [1.54, 1.807) is 0 Å². The summed E-state index contributed by atoms with van der Waals surface area (Å²) in [5, 5.41) is 2.87. The molecule has 2 amide bonds. The monoisotopic (exact) mass is 296 g/mol. The summed E-state index contributed by atoms with van der Waals surface area (Å²) in [7, 11) is 0. The summed E-state index contributed by atoms with van der Waals surface area (Å²) in [5.41, 5.74) is 0. The van der Waals surface area contributed by atoms with E-state index in [4.69, 9.17) is 4.74 Å². The van der Waals surface area contributed by atoms with Crippen LogP contribution in [0.3, 0.4) is 0 Å². The number of carbonyl (C=O) groups excluding carboxylic acids is 2. The van der Waals surface area contributed by atoms with Crippen molar-refractivity contribution in [3.8, 4) is 0 Å². The summed E-state index contributed by atoms with van der Waals surface area (Å²) in [6.07, 6.45) is 6.65. The Morgan fingerprint density at radius 1 is 1.33 bits per heavy atom. The molecule has 2 rings (SSSR count). The van der Waals surface area contributed by atoms with Gasteiger partial charge in [-0.05, 0) is 39.0 Å². The van der Waals surface area contributed by atoms with Gasteiger partial charge in [0, 0.05) is 25.6 Å². The van der Waals surface area contributed by atoms with Crippen LogP contribution in [0.2, 0.25) is 0 Å². The maximum absolute atomic E-state index is 12.6. The topological polar surface area (TPSA) is 58.6 Å². The van der Waals surface area contributed by atoms with Gasteiger partial charge in [0.25, 0.3) is 0 Å². The lowest BCUT2D eigenvalue weighted by Crippen LogP contribution is -2.46.